The smallest absolute Gasteiger partial charge is 0.0514 e. The molecule has 16 heavy (non-hydrogen) atoms. The molecule has 0 aliphatic rings. The molecule has 2 nitrogen and oxygen atoms in total. The third kappa shape index (κ3) is 2.68. The van der Waals surface area contributed by atoms with Crippen LogP contribution in [0.1, 0.15) is 10.4 Å². The fourth-order valence-electron chi connectivity index (χ4n) is 1.50. The topological polar surface area (TPSA) is 38.0 Å². The predicted octanol–water partition coefficient (Wildman–Crippen LogP) is 3.86. The van der Waals surface area contributed by atoms with Gasteiger partial charge in [-0.3, -0.25) is 0 Å². The van der Waals surface area contributed by atoms with Gasteiger partial charge < -0.3 is 11.1 Å². The van der Waals surface area contributed by atoms with Gasteiger partial charge in [-0.1, -0.05) is 0 Å². The van der Waals surface area contributed by atoms with Gasteiger partial charge in [0.05, 0.1) is 6.54 Å². The summed E-state index contributed by atoms with van der Waals surface area (Å²) in [5.41, 5.74) is 9.15. The molecule has 0 bridgehead atoms. The average molecular weight is 344 g/mol. The van der Waals surface area contributed by atoms with Crippen LogP contribution in [-0.2, 0) is 6.54 Å². The van der Waals surface area contributed by atoms with Gasteiger partial charge in [0, 0.05) is 19.8 Å². The van der Waals surface area contributed by atoms with Crippen molar-refractivity contribution in [3.63, 3.8) is 0 Å². The first-order valence-corrected chi connectivity index (χ1v) is 6.94. The van der Waals surface area contributed by atoms with E-state index in [1.165, 1.54) is 19.7 Å². The van der Waals surface area contributed by atoms with Gasteiger partial charge >= 0.3 is 0 Å². The van der Waals surface area contributed by atoms with E-state index in [0.717, 1.165) is 12.2 Å². The third-order valence-corrected chi connectivity index (χ3v) is 4.02. The van der Waals surface area contributed by atoms with Crippen molar-refractivity contribution in [3.8, 4) is 0 Å². The van der Waals surface area contributed by atoms with Gasteiger partial charge in [-0.05, 0) is 64.7 Å². The first-order valence-electron chi connectivity index (χ1n) is 4.98. The zero-order valence-electron chi connectivity index (χ0n) is 8.96. The molecule has 84 valence electrons. The van der Waals surface area contributed by atoms with Gasteiger partial charge in [0.1, 0.15) is 0 Å². The summed E-state index contributed by atoms with van der Waals surface area (Å²) in [7, 11) is 0. The molecule has 0 fully saturated rings. The van der Waals surface area contributed by atoms with Crippen LogP contribution in [-0.4, -0.2) is 0 Å². The Kier molecular flexibility index (Phi) is 3.70. The molecule has 0 aliphatic carbocycles. The Bertz CT molecular complexity index is 494. The molecule has 1 aromatic heterocycles. The Labute approximate surface area is 113 Å². The van der Waals surface area contributed by atoms with Crippen molar-refractivity contribution in [2.75, 3.05) is 11.1 Å². The quantitative estimate of drug-likeness (QED) is 0.830. The van der Waals surface area contributed by atoms with Gasteiger partial charge in [-0.2, -0.15) is 0 Å². The molecule has 2 rings (SSSR count). The number of anilines is 2. The van der Waals surface area contributed by atoms with Crippen molar-refractivity contribution < 1.29 is 0 Å². The monoisotopic (exact) mass is 344 g/mol. The Balaban J connectivity index is 2.08. The van der Waals surface area contributed by atoms with Gasteiger partial charge in [0.2, 0.25) is 0 Å². The summed E-state index contributed by atoms with van der Waals surface area (Å²) in [5, 5.41) is 5.43. The average Bonchev–Trinajstić information content (AvgIpc) is 2.63. The highest BCUT2D eigenvalue weighted by Crippen LogP contribution is 2.22. The van der Waals surface area contributed by atoms with E-state index in [2.05, 4.69) is 53.0 Å². The first kappa shape index (κ1) is 11.7. The van der Waals surface area contributed by atoms with Crippen LogP contribution < -0.4 is 11.1 Å². The number of hydrogen-bond acceptors (Lipinski definition) is 3. The highest BCUT2D eigenvalue weighted by molar-refractivity contribution is 14.1. The van der Waals surface area contributed by atoms with Crippen LogP contribution in [0, 0.1) is 10.5 Å². The number of nitrogen functional groups attached to an aromatic ring is 1. The van der Waals surface area contributed by atoms with Crippen LogP contribution >= 0.6 is 33.9 Å². The van der Waals surface area contributed by atoms with Gasteiger partial charge in [-0.25, -0.2) is 0 Å². The number of aryl methyl sites for hydroxylation is 1. The normalized spacial score (nSPS) is 10.4. The van der Waals surface area contributed by atoms with Crippen molar-refractivity contribution >= 4 is 45.3 Å². The molecule has 0 saturated heterocycles. The maximum atomic E-state index is 5.84. The molecular formula is C12H13IN2S. The molecule has 3 N–H and O–H groups in total. The largest absolute Gasteiger partial charge is 0.398 e. The molecule has 0 saturated carbocycles. The van der Waals surface area contributed by atoms with Crippen molar-refractivity contribution in [1.29, 1.82) is 0 Å². The number of thiophene rings is 1. The fourth-order valence-corrected chi connectivity index (χ4v) is 2.88. The number of nitrogens with two attached hydrogens (primary N) is 1. The lowest BCUT2D eigenvalue weighted by atomic mass is 10.2. The Morgan fingerprint density at radius 3 is 2.81 bits per heavy atom. The summed E-state index contributed by atoms with van der Waals surface area (Å²) in [6.07, 6.45) is 0. The minimum atomic E-state index is 0.797. The SMILES string of the molecule is Cc1cc(I)ccc1NCc1sccc1N. The Morgan fingerprint density at radius 1 is 1.38 bits per heavy atom. The van der Waals surface area contributed by atoms with Crippen molar-refractivity contribution in [2.24, 2.45) is 0 Å². The molecule has 0 radical (unpaired) electrons. The minimum absolute atomic E-state index is 0.797. The number of benzene rings is 1. The molecule has 1 aromatic carbocycles. The van der Waals surface area contributed by atoms with E-state index in [0.29, 0.717) is 0 Å². The number of rotatable bonds is 3. The van der Waals surface area contributed by atoms with E-state index in [1.807, 2.05) is 11.4 Å². The van der Waals surface area contributed by atoms with E-state index in [-0.39, 0.29) is 0 Å². The summed E-state index contributed by atoms with van der Waals surface area (Å²) >= 11 is 4.01. The molecule has 0 spiro atoms. The van der Waals surface area contributed by atoms with E-state index in [4.69, 9.17) is 5.73 Å². The van der Waals surface area contributed by atoms with Crippen LogP contribution in [0.25, 0.3) is 0 Å². The fraction of sp³-hybridized carbons (Fsp3) is 0.167. The van der Waals surface area contributed by atoms with Gasteiger partial charge in [0.15, 0.2) is 0 Å². The lowest BCUT2D eigenvalue weighted by Gasteiger charge is -2.09. The first-order chi connectivity index (χ1) is 7.66. The molecule has 0 atom stereocenters. The standard InChI is InChI=1S/C12H13IN2S/c1-8-6-9(13)2-3-11(8)15-7-12-10(14)4-5-16-12/h2-6,15H,7,14H2,1H3. The molecule has 2 aromatic rings. The number of hydrogen-bond donors (Lipinski definition) is 2. The van der Waals surface area contributed by atoms with Gasteiger partial charge in [0.25, 0.3) is 0 Å². The number of nitrogens with one attached hydrogen (secondary N) is 1. The molecule has 0 amide bonds. The molecule has 0 unspecified atom stereocenters. The number of halogens is 1. The summed E-state index contributed by atoms with van der Waals surface area (Å²) < 4.78 is 1.26. The lowest BCUT2D eigenvalue weighted by molar-refractivity contribution is 1.18. The van der Waals surface area contributed by atoms with E-state index in [9.17, 15) is 0 Å². The predicted molar refractivity (Wildman–Crippen MR) is 80.0 cm³/mol. The van der Waals surface area contributed by atoms with E-state index in [1.54, 1.807) is 11.3 Å². The second-order valence-corrected chi connectivity index (χ2v) is 5.86. The summed E-state index contributed by atoms with van der Waals surface area (Å²) in [4.78, 5) is 1.19. The highest BCUT2D eigenvalue weighted by Gasteiger charge is 2.02. The summed E-state index contributed by atoms with van der Waals surface area (Å²) in [6.45, 7) is 2.91. The van der Waals surface area contributed by atoms with Crippen LogP contribution in [0.5, 0.6) is 0 Å². The second-order valence-electron chi connectivity index (χ2n) is 3.61. The van der Waals surface area contributed by atoms with Crippen molar-refractivity contribution in [3.05, 3.63) is 43.7 Å². The lowest BCUT2D eigenvalue weighted by Crippen LogP contribution is -2.01. The minimum Gasteiger partial charge on any atom is -0.398 e. The van der Waals surface area contributed by atoms with Crippen LogP contribution in [0.15, 0.2) is 29.6 Å². The zero-order chi connectivity index (χ0) is 11.5. The molecular weight excluding hydrogens is 331 g/mol. The summed E-state index contributed by atoms with van der Waals surface area (Å²) in [6, 6.07) is 8.33. The van der Waals surface area contributed by atoms with Crippen molar-refractivity contribution in [2.45, 2.75) is 13.5 Å². The van der Waals surface area contributed by atoms with Crippen molar-refractivity contribution in [1.82, 2.24) is 0 Å². The van der Waals surface area contributed by atoms with Crippen LogP contribution in [0.4, 0.5) is 11.4 Å². The Hall–Kier alpha value is -0.750. The molecule has 4 heteroatoms. The molecule has 0 aliphatic heterocycles. The molecule has 1 heterocycles. The van der Waals surface area contributed by atoms with Crippen LogP contribution in [0.3, 0.4) is 0 Å². The zero-order valence-corrected chi connectivity index (χ0v) is 11.9. The maximum Gasteiger partial charge on any atom is 0.0514 e. The maximum absolute atomic E-state index is 5.84. The van der Waals surface area contributed by atoms with Gasteiger partial charge in [-0.15, -0.1) is 11.3 Å². The second kappa shape index (κ2) is 5.05. The highest BCUT2D eigenvalue weighted by atomic mass is 127. The Morgan fingerprint density at radius 2 is 2.19 bits per heavy atom. The summed E-state index contributed by atoms with van der Waals surface area (Å²) in [5.74, 6) is 0. The van der Waals surface area contributed by atoms with E-state index >= 15 is 0 Å². The van der Waals surface area contributed by atoms with E-state index < -0.39 is 0 Å². The van der Waals surface area contributed by atoms with Crippen LogP contribution in [0.2, 0.25) is 0 Å². The third-order valence-electron chi connectivity index (χ3n) is 2.41.